The summed E-state index contributed by atoms with van der Waals surface area (Å²) in [6.45, 7) is 6.48. The van der Waals surface area contributed by atoms with Crippen LogP contribution in [0.5, 0.6) is 0 Å². The summed E-state index contributed by atoms with van der Waals surface area (Å²) in [7, 11) is -3.07. The number of ether oxygens (including phenoxy) is 1. The molecule has 132 valence electrons. The van der Waals surface area contributed by atoms with E-state index in [0.717, 1.165) is 44.6 Å². The second kappa shape index (κ2) is 5.97. The zero-order chi connectivity index (χ0) is 16.1. The number of nitrogens with zero attached hydrogens (tertiary/aromatic N) is 2. The number of hydrogen-bond acceptors (Lipinski definition) is 4. The van der Waals surface area contributed by atoms with Gasteiger partial charge in [0.1, 0.15) is 0 Å². The van der Waals surface area contributed by atoms with Gasteiger partial charge in [0.15, 0.2) is 0 Å². The second-order valence-electron chi connectivity index (χ2n) is 8.52. The third kappa shape index (κ3) is 3.75. The Hall–Kier alpha value is -0.170. The minimum atomic E-state index is -3.07. The highest BCUT2D eigenvalue weighted by molar-refractivity contribution is 7.88. The first-order valence-corrected chi connectivity index (χ1v) is 11.0. The molecule has 0 N–H and O–H groups in total. The van der Waals surface area contributed by atoms with Crippen LogP contribution < -0.4 is 0 Å². The summed E-state index contributed by atoms with van der Waals surface area (Å²) < 4.78 is 31.6. The Balaban J connectivity index is 1.42. The molecule has 5 nitrogen and oxygen atoms in total. The first kappa shape index (κ1) is 16.3. The van der Waals surface area contributed by atoms with Gasteiger partial charge < -0.3 is 9.64 Å². The average molecular weight is 343 g/mol. The molecular formula is C17H30N2O3S. The van der Waals surface area contributed by atoms with Gasteiger partial charge in [0.25, 0.3) is 0 Å². The Kier molecular flexibility index (Phi) is 4.23. The molecule has 0 unspecified atom stereocenters. The Morgan fingerprint density at radius 1 is 1.09 bits per heavy atom. The molecule has 1 spiro atoms. The monoisotopic (exact) mass is 342 g/mol. The molecule has 2 saturated heterocycles. The third-order valence-corrected chi connectivity index (χ3v) is 7.54. The van der Waals surface area contributed by atoms with Crippen molar-refractivity contribution in [3.8, 4) is 0 Å². The van der Waals surface area contributed by atoms with Gasteiger partial charge in [0, 0.05) is 50.7 Å². The highest BCUT2D eigenvalue weighted by Gasteiger charge is 2.52. The Labute approximate surface area is 140 Å². The Bertz CT molecular complexity index is 544. The molecule has 0 radical (unpaired) electrons. The van der Waals surface area contributed by atoms with Gasteiger partial charge in [-0.2, -0.15) is 0 Å². The average Bonchev–Trinajstić information content (AvgIpc) is 3.38. The van der Waals surface area contributed by atoms with E-state index in [1.54, 1.807) is 4.31 Å². The number of sulfonamides is 1. The van der Waals surface area contributed by atoms with Crippen molar-refractivity contribution in [2.75, 3.05) is 52.2 Å². The van der Waals surface area contributed by atoms with Gasteiger partial charge >= 0.3 is 0 Å². The van der Waals surface area contributed by atoms with Crippen molar-refractivity contribution < 1.29 is 13.2 Å². The fourth-order valence-electron chi connectivity index (χ4n) is 4.44. The fourth-order valence-corrected chi connectivity index (χ4v) is 5.36. The smallest absolute Gasteiger partial charge is 0.211 e. The van der Waals surface area contributed by atoms with Crippen molar-refractivity contribution in [1.82, 2.24) is 9.21 Å². The van der Waals surface area contributed by atoms with Crippen LogP contribution in [0.4, 0.5) is 0 Å². The van der Waals surface area contributed by atoms with E-state index >= 15 is 0 Å². The molecule has 0 amide bonds. The molecule has 4 fully saturated rings. The maximum absolute atomic E-state index is 11.9. The number of likely N-dealkylation sites (tertiary alicyclic amines) is 1. The van der Waals surface area contributed by atoms with Crippen molar-refractivity contribution in [3.05, 3.63) is 0 Å². The van der Waals surface area contributed by atoms with Gasteiger partial charge in [-0.25, -0.2) is 12.7 Å². The number of hydrogen-bond donors (Lipinski definition) is 0. The van der Waals surface area contributed by atoms with Crippen LogP contribution in [-0.4, -0.2) is 69.8 Å². The van der Waals surface area contributed by atoms with Gasteiger partial charge in [-0.05, 0) is 43.9 Å². The quantitative estimate of drug-likeness (QED) is 0.702. The molecule has 0 aromatic heterocycles. The molecule has 0 aromatic rings. The van der Waals surface area contributed by atoms with Crippen LogP contribution in [0, 0.1) is 23.2 Å². The molecule has 6 heteroatoms. The first-order chi connectivity index (χ1) is 10.9. The summed E-state index contributed by atoms with van der Waals surface area (Å²) in [5.74, 6) is 2.18. The van der Waals surface area contributed by atoms with Gasteiger partial charge in [0.2, 0.25) is 10.0 Å². The zero-order valence-electron chi connectivity index (χ0n) is 14.2. The van der Waals surface area contributed by atoms with Gasteiger partial charge in [-0.3, -0.25) is 0 Å². The summed E-state index contributed by atoms with van der Waals surface area (Å²) >= 11 is 0. The maximum atomic E-state index is 11.9. The van der Waals surface area contributed by atoms with E-state index in [-0.39, 0.29) is 5.41 Å². The molecule has 2 aliphatic heterocycles. The van der Waals surface area contributed by atoms with E-state index in [4.69, 9.17) is 4.74 Å². The second-order valence-corrected chi connectivity index (χ2v) is 10.5. The lowest BCUT2D eigenvalue weighted by Gasteiger charge is -2.30. The van der Waals surface area contributed by atoms with E-state index in [1.165, 1.54) is 38.5 Å². The molecule has 2 atom stereocenters. The van der Waals surface area contributed by atoms with Gasteiger partial charge in [-0.1, -0.05) is 0 Å². The standard InChI is InChI=1S/C17H30N2O3S/c1-23(20,21)19-7-6-17(13-19)12-18(8-14-2-3-14)9-16(17)11-22-10-15-4-5-15/h14-16H,2-13H2,1H3/t16-,17-/m0/s1. The van der Waals surface area contributed by atoms with Crippen molar-refractivity contribution in [2.24, 2.45) is 23.2 Å². The minimum absolute atomic E-state index is 0.127. The van der Waals surface area contributed by atoms with Crippen LogP contribution in [0.3, 0.4) is 0 Å². The summed E-state index contributed by atoms with van der Waals surface area (Å²) in [5, 5.41) is 0. The molecule has 4 rings (SSSR count). The molecular weight excluding hydrogens is 312 g/mol. The van der Waals surface area contributed by atoms with Crippen LogP contribution in [0.25, 0.3) is 0 Å². The van der Waals surface area contributed by atoms with Crippen LogP contribution in [-0.2, 0) is 14.8 Å². The first-order valence-electron chi connectivity index (χ1n) is 9.20. The molecule has 2 aliphatic carbocycles. The Morgan fingerprint density at radius 2 is 1.83 bits per heavy atom. The highest BCUT2D eigenvalue weighted by Crippen LogP contribution is 2.46. The largest absolute Gasteiger partial charge is 0.381 e. The molecule has 0 aromatic carbocycles. The summed E-state index contributed by atoms with van der Waals surface area (Å²) in [6, 6.07) is 0. The van der Waals surface area contributed by atoms with Crippen molar-refractivity contribution in [3.63, 3.8) is 0 Å². The van der Waals surface area contributed by atoms with Crippen molar-refractivity contribution >= 4 is 10.0 Å². The van der Waals surface area contributed by atoms with Crippen LogP contribution in [0.15, 0.2) is 0 Å². The normalized spacial score (nSPS) is 36.3. The summed E-state index contributed by atoms with van der Waals surface area (Å²) in [4.78, 5) is 2.59. The Morgan fingerprint density at radius 3 is 2.43 bits per heavy atom. The molecule has 0 bridgehead atoms. The summed E-state index contributed by atoms with van der Waals surface area (Å²) in [5.41, 5.74) is 0.127. The van der Waals surface area contributed by atoms with E-state index < -0.39 is 10.0 Å². The van der Waals surface area contributed by atoms with E-state index in [0.29, 0.717) is 19.0 Å². The van der Waals surface area contributed by atoms with Gasteiger partial charge in [0.05, 0.1) is 12.9 Å². The predicted molar refractivity (Wildman–Crippen MR) is 89.7 cm³/mol. The highest BCUT2D eigenvalue weighted by atomic mass is 32.2. The molecule has 23 heavy (non-hydrogen) atoms. The SMILES string of the molecule is CS(=O)(=O)N1CC[C@]2(CN(CC3CC3)C[C@H]2COCC2CC2)C1. The van der Waals surface area contributed by atoms with Crippen molar-refractivity contribution in [1.29, 1.82) is 0 Å². The molecule has 2 saturated carbocycles. The summed E-state index contributed by atoms with van der Waals surface area (Å²) in [6.07, 6.45) is 7.75. The van der Waals surface area contributed by atoms with Crippen molar-refractivity contribution in [2.45, 2.75) is 32.1 Å². The molecule has 2 heterocycles. The molecule has 4 aliphatic rings. The van der Waals surface area contributed by atoms with Crippen LogP contribution >= 0.6 is 0 Å². The minimum Gasteiger partial charge on any atom is -0.381 e. The maximum Gasteiger partial charge on any atom is 0.211 e. The predicted octanol–water partition coefficient (Wildman–Crippen LogP) is 1.41. The van der Waals surface area contributed by atoms with Crippen LogP contribution in [0.2, 0.25) is 0 Å². The van der Waals surface area contributed by atoms with E-state index in [2.05, 4.69) is 4.90 Å². The lowest BCUT2D eigenvalue weighted by atomic mass is 9.78. The van der Waals surface area contributed by atoms with E-state index in [9.17, 15) is 8.42 Å². The zero-order valence-corrected chi connectivity index (χ0v) is 15.1. The number of rotatable bonds is 7. The van der Waals surface area contributed by atoms with Gasteiger partial charge in [-0.15, -0.1) is 0 Å². The third-order valence-electron chi connectivity index (χ3n) is 6.29. The topological polar surface area (TPSA) is 49.9 Å². The fraction of sp³-hybridized carbons (Fsp3) is 1.00. The van der Waals surface area contributed by atoms with E-state index in [1.807, 2.05) is 0 Å². The lowest BCUT2D eigenvalue weighted by molar-refractivity contribution is 0.0581. The van der Waals surface area contributed by atoms with Crippen LogP contribution in [0.1, 0.15) is 32.1 Å². The lowest BCUT2D eigenvalue weighted by Crippen LogP contribution is -2.38.